The molecule has 35 heavy (non-hydrogen) atoms. The second-order valence-corrected chi connectivity index (χ2v) is 8.06. The molecule has 2 atom stereocenters. The minimum atomic E-state index is -4.45. The first-order valence-electron chi connectivity index (χ1n) is 10.7. The molecule has 1 saturated heterocycles. The minimum Gasteiger partial charge on any atom is -0.386 e. The summed E-state index contributed by atoms with van der Waals surface area (Å²) >= 11 is 0. The van der Waals surface area contributed by atoms with Crippen LogP contribution in [0.3, 0.4) is 0 Å². The van der Waals surface area contributed by atoms with Gasteiger partial charge in [-0.05, 0) is 47.5 Å². The van der Waals surface area contributed by atoms with Gasteiger partial charge in [0.05, 0.1) is 23.8 Å². The van der Waals surface area contributed by atoms with Crippen LogP contribution in [0.15, 0.2) is 73.1 Å². The summed E-state index contributed by atoms with van der Waals surface area (Å²) in [6, 6.07) is 13.6. The Kier molecular flexibility index (Phi) is 7.13. The van der Waals surface area contributed by atoms with Crippen molar-refractivity contribution in [2.75, 3.05) is 18.5 Å². The number of amides is 2. The molecule has 2 aromatic carbocycles. The van der Waals surface area contributed by atoms with E-state index in [1.54, 1.807) is 42.6 Å². The molecular formula is C25H22F3N3O4. The maximum Gasteiger partial charge on any atom is 0.416 e. The predicted molar refractivity (Wildman–Crippen MR) is 120 cm³/mol. The van der Waals surface area contributed by atoms with Crippen molar-refractivity contribution in [3.05, 3.63) is 95.3 Å². The number of anilines is 1. The Morgan fingerprint density at radius 3 is 2.49 bits per heavy atom. The topological polar surface area (TPSA) is 91.8 Å². The van der Waals surface area contributed by atoms with E-state index in [2.05, 4.69) is 10.3 Å². The Morgan fingerprint density at radius 1 is 1.14 bits per heavy atom. The molecule has 7 nitrogen and oxygen atoms in total. The van der Waals surface area contributed by atoms with E-state index < -0.39 is 23.9 Å². The van der Waals surface area contributed by atoms with Crippen molar-refractivity contribution in [1.29, 1.82) is 0 Å². The maximum absolute atomic E-state index is 12.8. The minimum absolute atomic E-state index is 0.0291. The molecule has 1 aromatic heterocycles. The van der Waals surface area contributed by atoms with E-state index in [9.17, 15) is 27.9 Å². The molecule has 3 aromatic rings. The van der Waals surface area contributed by atoms with Crippen molar-refractivity contribution in [2.45, 2.75) is 24.9 Å². The molecule has 2 heterocycles. The molecule has 1 aliphatic rings. The highest BCUT2D eigenvalue weighted by atomic mass is 19.4. The van der Waals surface area contributed by atoms with E-state index in [0.717, 1.165) is 12.1 Å². The van der Waals surface area contributed by atoms with E-state index in [1.807, 2.05) is 0 Å². The average Bonchev–Trinajstić information content (AvgIpc) is 2.85. The number of rotatable bonds is 6. The molecule has 2 unspecified atom stereocenters. The first kappa shape index (κ1) is 24.4. The Balaban J connectivity index is 1.46. The molecule has 4 rings (SSSR count). The number of halogens is 3. The summed E-state index contributed by atoms with van der Waals surface area (Å²) < 4.78 is 43.9. The van der Waals surface area contributed by atoms with E-state index in [0.29, 0.717) is 22.4 Å². The Hall–Kier alpha value is -3.76. The monoisotopic (exact) mass is 485 g/mol. The van der Waals surface area contributed by atoms with Crippen molar-refractivity contribution in [2.24, 2.45) is 0 Å². The van der Waals surface area contributed by atoms with Gasteiger partial charge in [-0.3, -0.25) is 14.6 Å². The fourth-order valence-electron chi connectivity index (χ4n) is 3.77. The fraction of sp³-hybridized carbons (Fsp3) is 0.240. The highest BCUT2D eigenvalue weighted by molar-refractivity contribution is 6.04. The summed E-state index contributed by atoms with van der Waals surface area (Å²) in [7, 11) is 0. The molecule has 0 spiro atoms. The number of hydrogen-bond acceptors (Lipinski definition) is 5. The Morgan fingerprint density at radius 2 is 1.86 bits per heavy atom. The van der Waals surface area contributed by atoms with Crippen molar-refractivity contribution in [1.82, 2.24) is 9.88 Å². The number of pyridine rings is 1. The lowest BCUT2D eigenvalue weighted by Gasteiger charge is -2.38. The maximum atomic E-state index is 12.8. The molecule has 182 valence electrons. The van der Waals surface area contributed by atoms with Crippen LogP contribution in [-0.4, -0.2) is 46.1 Å². The quantitative estimate of drug-likeness (QED) is 0.554. The number of carbonyl (C=O) groups is 2. The van der Waals surface area contributed by atoms with Gasteiger partial charge in [0.25, 0.3) is 5.91 Å². The highest BCUT2D eigenvalue weighted by Crippen LogP contribution is 2.30. The molecule has 2 N–H and O–H groups in total. The number of carbonyl (C=O) groups excluding carboxylic acids is 2. The molecule has 0 aliphatic carbocycles. The van der Waals surface area contributed by atoms with Crippen LogP contribution in [0, 0.1) is 0 Å². The SMILES string of the molecule is O=C(Nc1ccc(C(O)C2COCC(=O)N2Cc2ccc(C(F)(F)F)cc2)cc1)c1cccnc1. The number of aliphatic hydroxyl groups is 1. The number of ether oxygens (including phenoxy) is 1. The van der Waals surface area contributed by atoms with Crippen LogP contribution in [0.2, 0.25) is 0 Å². The lowest BCUT2D eigenvalue weighted by atomic mass is 9.99. The zero-order valence-electron chi connectivity index (χ0n) is 18.4. The number of benzene rings is 2. The summed E-state index contributed by atoms with van der Waals surface area (Å²) in [6.07, 6.45) is -2.56. The van der Waals surface area contributed by atoms with Gasteiger partial charge in [0, 0.05) is 24.6 Å². The standard InChI is InChI=1S/C25H22F3N3O4/c26-25(27,28)19-7-3-16(4-8-19)13-31-21(14-35-15-22(31)32)23(33)17-5-9-20(10-6-17)30-24(34)18-2-1-11-29-12-18/h1-12,21,23,33H,13-15H2,(H,30,34). The lowest BCUT2D eigenvalue weighted by molar-refractivity contribution is -0.155. The number of alkyl halides is 3. The van der Waals surface area contributed by atoms with E-state index in [1.165, 1.54) is 23.2 Å². The third-order valence-electron chi connectivity index (χ3n) is 5.67. The molecule has 2 amide bonds. The van der Waals surface area contributed by atoms with Crippen molar-refractivity contribution in [3.63, 3.8) is 0 Å². The van der Waals surface area contributed by atoms with E-state index in [4.69, 9.17) is 4.74 Å². The highest BCUT2D eigenvalue weighted by Gasteiger charge is 2.35. The Bertz CT molecular complexity index is 1170. The molecule has 0 radical (unpaired) electrons. The summed E-state index contributed by atoms with van der Waals surface area (Å²) in [5.74, 6) is -0.707. The lowest BCUT2D eigenvalue weighted by Crippen LogP contribution is -2.51. The van der Waals surface area contributed by atoms with Crippen LogP contribution in [0.5, 0.6) is 0 Å². The predicted octanol–water partition coefficient (Wildman–Crippen LogP) is 3.81. The van der Waals surface area contributed by atoms with Gasteiger partial charge >= 0.3 is 6.18 Å². The smallest absolute Gasteiger partial charge is 0.386 e. The normalized spacial score (nSPS) is 17.2. The number of aliphatic hydroxyl groups excluding tert-OH is 1. The first-order valence-corrected chi connectivity index (χ1v) is 10.7. The third kappa shape index (κ3) is 5.84. The number of morpholine rings is 1. The first-order chi connectivity index (χ1) is 16.7. The van der Waals surface area contributed by atoms with Crippen LogP contribution in [-0.2, 0) is 22.3 Å². The van der Waals surface area contributed by atoms with Crippen LogP contribution in [0.4, 0.5) is 18.9 Å². The number of hydrogen-bond donors (Lipinski definition) is 2. The van der Waals surface area contributed by atoms with Crippen molar-refractivity contribution in [3.8, 4) is 0 Å². The van der Waals surface area contributed by atoms with Gasteiger partial charge in [0.1, 0.15) is 12.7 Å². The van der Waals surface area contributed by atoms with Gasteiger partial charge in [-0.15, -0.1) is 0 Å². The summed E-state index contributed by atoms with van der Waals surface area (Å²) in [6.45, 7) is -0.0858. The largest absolute Gasteiger partial charge is 0.416 e. The van der Waals surface area contributed by atoms with Crippen molar-refractivity contribution >= 4 is 17.5 Å². The van der Waals surface area contributed by atoms with Crippen LogP contribution in [0.25, 0.3) is 0 Å². The number of nitrogens with zero attached hydrogens (tertiary/aromatic N) is 2. The third-order valence-corrected chi connectivity index (χ3v) is 5.67. The van der Waals surface area contributed by atoms with Crippen molar-refractivity contribution < 1.29 is 32.6 Å². The number of aromatic nitrogens is 1. The van der Waals surface area contributed by atoms with Gasteiger partial charge in [0.15, 0.2) is 0 Å². The van der Waals surface area contributed by atoms with Crippen LogP contribution in [0.1, 0.15) is 33.2 Å². The summed E-state index contributed by atoms with van der Waals surface area (Å²) in [5.41, 5.74) is 1.12. The molecule has 1 aliphatic heterocycles. The molecule has 0 saturated carbocycles. The van der Waals surface area contributed by atoms with Gasteiger partial charge in [-0.1, -0.05) is 24.3 Å². The zero-order chi connectivity index (χ0) is 25.0. The van der Waals surface area contributed by atoms with Gasteiger partial charge in [-0.2, -0.15) is 13.2 Å². The van der Waals surface area contributed by atoms with E-state index in [-0.39, 0.29) is 31.6 Å². The fourth-order valence-corrected chi connectivity index (χ4v) is 3.77. The van der Waals surface area contributed by atoms with Gasteiger partial charge in [-0.25, -0.2) is 0 Å². The van der Waals surface area contributed by atoms with E-state index >= 15 is 0 Å². The summed E-state index contributed by atoms with van der Waals surface area (Å²) in [5, 5.41) is 13.7. The molecule has 10 heteroatoms. The van der Waals surface area contributed by atoms with Gasteiger partial charge in [0.2, 0.25) is 5.91 Å². The molecule has 1 fully saturated rings. The number of nitrogens with one attached hydrogen (secondary N) is 1. The van der Waals surface area contributed by atoms with Gasteiger partial charge < -0.3 is 20.1 Å². The van der Waals surface area contributed by atoms with Crippen LogP contribution < -0.4 is 5.32 Å². The second kappa shape index (κ2) is 10.2. The van der Waals surface area contributed by atoms with Crippen LogP contribution >= 0.6 is 0 Å². The molecule has 0 bridgehead atoms. The zero-order valence-corrected chi connectivity index (χ0v) is 18.4. The Labute approximate surface area is 199 Å². The average molecular weight is 485 g/mol. The summed E-state index contributed by atoms with van der Waals surface area (Å²) in [4.78, 5) is 30.1. The molecular weight excluding hydrogens is 463 g/mol. The second-order valence-electron chi connectivity index (χ2n) is 8.06.